The zero-order chi connectivity index (χ0) is 14.8. The summed E-state index contributed by atoms with van der Waals surface area (Å²) in [6.07, 6.45) is 2.86. The van der Waals surface area contributed by atoms with Gasteiger partial charge in [0.15, 0.2) is 17.0 Å². The van der Waals surface area contributed by atoms with Crippen molar-refractivity contribution in [3.8, 4) is 11.5 Å². The molecule has 0 spiro atoms. The number of nitrogens with zero attached hydrogens (tertiary/aromatic N) is 2. The van der Waals surface area contributed by atoms with Crippen molar-refractivity contribution in [2.45, 2.75) is 19.8 Å². The number of oxazole rings is 1. The molecule has 21 heavy (non-hydrogen) atoms. The maximum atomic E-state index is 12.1. The summed E-state index contributed by atoms with van der Waals surface area (Å²) in [6.45, 7) is 1.97. The van der Waals surface area contributed by atoms with E-state index < -0.39 is 0 Å². The molecule has 0 fully saturated rings. The van der Waals surface area contributed by atoms with Gasteiger partial charge >= 0.3 is 0 Å². The number of rotatable bonds is 4. The zero-order valence-electron chi connectivity index (χ0n) is 11.5. The number of aromatic nitrogens is 2. The van der Waals surface area contributed by atoms with E-state index in [9.17, 15) is 4.79 Å². The lowest BCUT2D eigenvalue weighted by atomic mass is 10.1. The Balaban J connectivity index is 2.09. The molecule has 2 heterocycles. The van der Waals surface area contributed by atoms with E-state index >= 15 is 0 Å². The fourth-order valence-corrected chi connectivity index (χ4v) is 2.26. The Bertz CT molecular complexity index is 794. The average molecular weight is 301 g/mol. The maximum Gasteiger partial charge on any atom is 0.228 e. The Kier molecular flexibility index (Phi) is 3.71. The molecule has 4 nitrogen and oxygen atoms in total. The molecule has 0 atom stereocenters. The molecular weight excluding hydrogens is 288 g/mol. The molecular formula is C16H13ClN2O2. The third-order valence-electron chi connectivity index (χ3n) is 3.16. The second-order valence-corrected chi connectivity index (χ2v) is 5.15. The molecule has 106 valence electrons. The van der Waals surface area contributed by atoms with Crippen molar-refractivity contribution in [2.24, 2.45) is 0 Å². The van der Waals surface area contributed by atoms with Crippen LogP contribution >= 0.6 is 11.6 Å². The maximum absolute atomic E-state index is 12.1. The lowest BCUT2D eigenvalue weighted by Gasteiger charge is -1.98. The van der Waals surface area contributed by atoms with E-state index in [1.807, 2.05) is 19.1 Å². The Morgan fingerprint density at radius 2 is 2.00 bits per heavy atom. The summed E-state index contributed by atoms with van der Waals surface area (Å²) >= 11 is 5.87. The van der Waals surface area contributed by atoms with Crippen LogP contribution in [0.15, 0.2) is 40.9 Å². The van der Waals surface area contributed by atoms with E-state index in [2.05, 4.69) is 9.97 Å². The van der Waals surface area contributed by atoms with Crippen LogP contribution in [0.1, 0.15) is 30.1 Å². The van der Waals surface area contributed by atoms with Gasteiger partial charge < -0.3 is 4.42 Å². The lowest BCUT2D eigenvalue weighted by Crippen LogP contribution is -1.98. The minimum Gasteiger partial charge on any atom is -0.434 e. The van der Waals surface area contributed by atoms with Crippen LogP contribution in [-0.2, 0) is 0 Å². The number of carbonyl (C=O) groups excluding carboxylic acids is 1. The number of fused-ring (bicyclic) bond motifs is 1. The standard InChI is InChI=1S/C16H13ClN2O2/c1-2-3-13(20)12-8-9-18-15-14(12)21-16(19-15)10-4-6-11(17)7-5-10/h4-9H,2-3H2,1H3. The van der Waals surface area contributed by atoms with E-state index in [1.54, 1.807) is 24.4 Å². The van der Waals surface area contributed by atoms with Gasteiger partial charge in [-0.05, 0) is 36.8 Å². The van der Waals surface area contributed by atoms with Crippen LogP contribution in [0.2, 0.25) is 5.02 Å². The van der Waals surface area contributed by atoms with Crippen molar-refractivity contribution in [1.82, 2.24) is 9.97 Å². The van der Waals surface area contributed by atoms with Gasteiger partial charge in [0.25, 0.3) is 0 Å². The summed E-state index contributed by atoms with van der Waals surface area (Å²) in [7, 11) is 0. The van der Waals surface area contributed by atoms with Crippen LogP contribution in [0.25, 0.3) is 22.7 Å². The average Bonchev–Trinajstić information content (AvgIpc) is 2.92. The molecule has 0 aliphatic heterocycles. The lowest BCUT2D eigenvalue weighted by molar-refractivity contribution is 0.0982. The number of hydrogen-bond acceptors (Lipinski definition) is 4. The first kappa shape index (κ1) is 13.8. The summed E-state index contributed by atoms with van der Waals surface area (Å²) in [6, 6.07) is 8.85. The van der Waals surface area contributed by atoms with Crippen LogP contribution in [0.4, 0.5) is 0 Å². The summed E-state index contributed by atoms with van der Waals surface area (Å²) < 4.78 is 5.76. The first-order valence-electron chi connectivity index (χ1n) is 6.73. The SMILES string of the molecule is CCCC(=O)c1ccnc2nc(-c3ccc(Cl)cc3)oc12. The van der Waals surface area contributed by atoms with Gasteiger partial charge in [0.1, 0.15) is 0 Å². The Labute approximate surface area is 126 Å². The van der Waals surface area contributed by atoms with E-state index in [4.69, 9.17) is 16.0 Å². The van der Waals surface area contributed by atoms with Crippen molar-refractivity contribution in [3.63, 3.8) is 0 Å². The molecule has 0 aliphatic rings. The highest BCUT2D eigenvalue weighted by Crippen LogP contribution is 2.27. The largest absolute Gasteiger partial charge is 0.434 e. The molecule has 2 aromatic heterocycles. The molecule has 0 unspecified atom stereocenters. The second-order valence-electron chi connectivity index (χ2n) is 4.71. The molecule has 3 rings (SSSR count). The zero-order valence-corrected chi connectivity index (χ0v) is 12.2. The number of hydrogen-bond donors (Lipinski definition) is 0. The Morgan fingerprint density at radius 3 is 2.71 bits per heavy atom. The molecule has 0 saturated carbocycles. The van der Waals surface area contributed by atoms with Crippen molar-refractivity contribution < 1.29 is 9.21 Å². The minimum atomic E-state index is 0.0451. The van der Waals surface area contributed by atoms with Gasteiger partial charge in [-0.15, -0.1) is 0 Å². The molecule has 0 bridgehead atoms. The Morgan fingerprint density at radius 1 is 1.24 bits per heavy atom. The minimum absolute atomic E-state index is 0.0451. The van der Waals surface area contributed by atoms with Crippen LogP contribution in [0.5, 0.6) is 0 Å². The van der Waals surface area contributed by atoms with E-state index in [0.29, 0.717) is 34.1 Å². The van der Waals surface area contributed by atoms with Gasteiger partial charge in [0.05, 0.1) is 5.56 Å². The third kappa shape index (κ3) is 2.67. The quantitative estimate of drug-likeness (QED) is 0.664. The van der Waals surface area contributed by atoms with Crippen molar-refractivity contribution >= 4 is 28.6 Å². The number of Topliss-reactive ketones (excluding diaryl/α,β-unsaturated/α-hetero) is 1. The van der Waals surface area contributed by atoms with Crippen LogP contribution < -0.4 is 0 Å². The molecule has 0 aliphatic carbocycles. The first-order chi connectivity index (χ1) is 10.2. The van der Waals surface area contributed by atoms with E-state index in [0.717, 1.165) is 12.0 Å². The highest BCUT2D eigenvalue weighted by atomic mass is 35.5. The fourth-order valence-electron chi connectivity index (χ4n) is 2.13. The number of ketones is 1. The molecule has 0 radical (unpaired) electrons. The molecule has 1 aromatic carbocycles. The number of benzene rings is 1. The second kappa shape index (κ2) is 5.66. The summed E-state index contributed by atoms with van der Waals surface area (Å²) in [5.41, 5.74) is 2.23. The number of carbonyl (C=O) groups is 1. The monoisotopic (exact) mass is 300 g/mol. The number of halogens is 1. The predicted molar refractivity (Wildman–Crippen MR) is 81.5 cm³/mol. The van der Waals surface area contributed by atoms with E-state index in [1.165, 1.54) is 0 Å². The summed E-state index contributed by atoms with van der Waals surface area (Å²) in [5, 5.41) is 0.645. The molecule has 0 saturated heterocycles. The Hall–Kier alpha value is -2.20. The molecule has 0 amide bonds. The van der Waals surface area contributed by atoms with Gasteiger partial charge in [0.2, 0.25) is 5.89 Å². The van der Waals surface area contributed by atoms with Gasteiger partial charge in [-0.3, -0.25) is 4.79 Å². The van der Waals surface area contributed by atoms with Crippen LogP contribution in [0.3, 0.4) is 0 Å². The molecule has 5 heteroatoms. The van der Waals surface area contributed by atoms with Gasteiger partial charge in [-0.1, -0.05) is 18.5 Å². The van der Waals surface area contributed by atoms with Crippen molar-refractivity contribution in [3.05, 3.63) is 47.1 Å². The normalized spacial score (nSPS) is 11.0. The summed E-state index contributed by atoms with van der Waals surface area (Å²) in [5.74, 6) is 0.481. The van der Waals surface area contributed by atoms with Gasteiger partial charge in [-0.2, -0.15) is 4.98 Å². The highest BCUT2D eigenvalue weighted by molar-refractivity contribution is 6.30. The van der Waals surface area contributed by atoms with Crippen LogP contribution in [-0.4, -0.2) is 15.8 Å². The molecule has 0 N–H and O–H groups in total. The first-order valence-corrected chi connectivity index (χ1v) is 7.11. The third-order valence-corrected chi connectivity index (χ3v) is 3.41. The van der Waals surface area contributed by atoms with E-state index in [-0.39, 0.29) is 5.78 Å². The van der Waals surface area contributed by atoms with Crippen LogP contribution in [0, 0.1) is 0 Å². The fraction of sp³-hybridized carbons (Fsp3) is 0.188. The van der Waals surface area contributed by atoms with Gasteiger partial charge in [0, 0.05) is 23.2 Å². The summed E-state index contributed by atoms with van der Waals surface area (Å²) in [4.78, 5) is 20.6. The number of pyridine rings is 1. The molecule has 3 aromatic rings. The topological polar surface area (TPSA) is 56.0 Å². The van der Waals surface area contributed by atoms with Crippen molar-refractivity contribution in [2.75, 3.05) is 0 Å². The smallest absolute Gasteiger partial charge is 0.228 e. The van der Waals surface area contributed by atoms with Gasteiger partial charge in [-0.25, -0.2) is 4.98 Å². The predicted octanol–water partition coefficient (Wildman–Crippen LogP) is 4.53. The highest BCUT2D eigenvalue weighted by Gasteiger charge is 2.16. The van der Waals surface area contributed by atoms with Crippen molar-refractivity contribution in [1.29, 1.82) is 0 Å².